The molecule has 0 spiro atoms. The number of allylic oxidation sites excluding steroid dienone is 2. The van der Waals surface area contributed by atoms with Crippen molar-refractivity contribution in [1.29, 1.82) is 0 Å². The summed E-state index contributed by atoms with van der Waals surface area (Å²) in [4.78, 5) is 0. The minimum absolute atomic E-state index is 0.629. The predicted octanol–water partition coefficient (Wildman–Crippen LogP) is 6.94. The third-order valence-corrected chi connectivity index (χ3v) is 4.73. The van der Waals surface area contributed by atoms with Gasteiger partial charge in [-0.05, 0) is 61.4 Å². The highest BCUT2D eigenvalue weighted by atomic mass is 35.5. The molecule has 0 aliphatic carbocycles. The summed E-state index contributed by atoms with van der Waals surface area (Å²) < 4.78 is 17.1. The van der Waals surface area contributed by atoms with E-state index in [2.05, 4.69) is 24.3 Å². The largest absolute Gasteiger partial charge is 0.496 e. The second kappa shape index (κ2) is 10.0. The summed E-state index contributed by atoms with van der Waals surface area (Å²) in [6, 6.07) is 21.7. The first-order valence-corrected chi connectivity index (χ1v) is 9.99. The van der Waals surface area contributed by atoms with Gasteiger partial charge in [0.1, 0.15) is 23.0 Å². The Morgan fingerprint density at radius 1 is 0.966 bits per heavy atom. The average Bonchev–Trinajstić information content (AvgIpc) is 2.74. The van der Waals surface area contributed by atoms with Crippen LogP contribution < -0.4 is 14.2 Å². The van der Waals surface area contributed by atoms with Gasteiger partial charge < -0.3 is 14.2 Å². The van der Waals surface area contributed by atoms with E-state index in [1.165, 1.54) is 0 Å². The first kappa shape index (κ1) is 20.8. The standard InChI is InChI=1S/C25H25ClO3/c1-4-21(29-23-8-6-7-22(17-23)28-5-2)15-18-9-11-19(12-10-18)24-16-20(26)13-14-25(24)27-3/h4,6-14,16-17H,5,15H2,1-3H3. The number of ether oxygens (including phenoxy) is 3. The van der Waals surface area contributed by atoms with Crippen LogP contribution in [0.3, 0.4) is 0 Å². The lowest BCUT2D eigenvalue weighted by molar-refractivity contribution is 0.336. The van der Waals surface area contributed by atoms with Gasteiger partial charge in [0.25, 0.3) is 0 Å². The van der Waals surface area contributed by atoms with E-state index < -0.39 is 0 Å². The van der Waals surface area contributed by atoms with Gasteiger partial charge in [-0.3, -0.25) is 0 Å². The lowest BCUT2D eigenvalue weighted by Crippen LogP contribution is -2.00. The second-order valence-electron chi connectivity index (χ2n) is 6.48. The van der Waals surface area contributed by atoms with E-state index in [9.17, 15) is 0 Å². The smallest absolute Gasteiger partial charge is 0.130 e. The molecule has 0 atom stereocenters. The fraction of sp³-hybridized carbons (Fsp3) is 0.200. The molecule has 0 radical (unpaired) electrons. The van der Waals surface area contributed by atoms with Gasteiger partial charge >= 0.3 is 0 Å². The molecular formula is C25H25ClO3. The third-order valence-electron chi connectivity index (χ3n) is 4.49. The number of halogens is 1. The monoisotopic (exact) mass is 408 g/mol. The van der Waals surface area contributed by atoms with Crippen molar-refractivity contribution in [2.75, 3.05) is 13.7 Å². The van der Waals surface area contributed by atoms with Crippen molar-refractivity contribution in [3.63, 3.8) is 0 Å². The van der Waals surface area contributed by atoms with Gasteiger partial charge in [-0.25, -0.2) is 0 Å². The van der Waals surface area contributed by atoms with E-state index >= 15 is 0 Å². The molecule has 0 unspecified atom stereocenters. The molecule has 3 aromatic rings. The molecule has 0 aromatic heterocycles. The summed E-state index contributed by atoms with van der Waals surface area (Å²) in [5.41, 5.74) is 3.19. The number of rotatable bonds is 8. The van der Waals surface area contributed by atoms with Crippen LogP contribution in [0, 0.1) is 0 Å². The SMILES string of the molecule is CC=C(Cc1ccc(-c2cc(Cl)ccc2OC)cc1)Oc1cccc(OCC)c1. The normalized spacial score (nSPS) is 11.2. The van der Waals surface area contributed by atoms with Crippen LogP contribution >= 0.6 is 11.6 Å². The Morgan fingerprint density at radius 3 is 2.41 bits per heavy atom. The van der Waals surface area contributed by atoms with E-state index in [1.54, 1.807) is 7.11 Å². The lowest BCUT2D eigenvalue weighted by atomic mass is 10.0. The van der Waals surface area contributed by atoms with Gasteiger partial charge in [-0.1, -0.05) is 41.9 Å². The van der Waals surface area contributed by atoms with Crippen LogP contribution in [0.15, 0.2) is 78.6 Å². The Hall–Kier alpha value is -2.91. The zero-order valence-corrected chi connectivity index (χ0v) is 17.7. The molecule has 3 rings (SSSR count). The van der Waals surface area contributed by atoms with Crippen molar-refractivity contribution in [2.24, 2.45) is 0 Å². The molecule has 0 amide bonds. The molecule has 0 aliphatic heterocycles. The molecule has 3 nitrogen and oxygen atoms in total. The van der Waals surface area contributed by atoms with Gasteiger partial charge in [-0.15, -0.1) is 0 Å². The summed E-state index contributed by atoms with van der Waals surface area (Å²) in [7, 11) is 1.66. The van der Waals surface area contributed by atoms with Crippen molar-refractivity contribution in [3.05, 3.63) is 89.2 Å². The van der Waals surface area contributed by atoms with E-state index in [1.807, 2.05) is 62.4 Å². The maximum Gasteiger partial charge on any atom is 0.130 e. The zero-order chi connectivity index (χ0) is 20.6. The molecule has 0 bridgehead atoms. The molecule has 0 saturated heterocycles. The van der Waals surface area contributed by atoms with Gasteiger partial charge in [0.15, 0.2) is 0 Å². The van der Waals surface area contributed by atoms with Crippen LogP contribution in [0.4, 0.5) is 0 Å². The Bertz CT molecular complexity index is 978. The van der Waals surface area contributed by atoms with Crippen molar-refractivity contribution in [3.8, 4) is 28.4 Å². The molecule has 3 aromatic carbocycles. The van der Waals surface area contributed by atoms with Crippen LogP contribution in [-0.4, -0.2) is 13.7 Å². The van der Waals surface area contributed by atoms with Crippen LogP contribution in [0.25, 0.3) is 11.1 Å². The highest BCUT2D eigenvalue weighted by Gasteiger charge is 2.08. The highest BCUT2D eigenvalue weighted by Crippen LogP contribution is 2.33. The molecule has 0 saturated carbocycles. The van der Waals surface area contributed by atoms with Crippen LogP contribution in [0.2, 0.25) is 5.02 Å². The maximum absolute atomic E-state index is 6.16. The van der Waals surface area contributed by atoms with Gasteiger partial charge in [0.2, 0.25) is 0 Å². The fourth-order valence-electron chi connectivity index (χ4n) is 3.05. The summed E-state index contributed by atoms with van der Waals surface area (Å²) in [6.07, 6.45) is 2.68. The van der Waals surface area contributed by atoms with Crippen molar-refractivity contribution in [2.45, 2.75) is 20.3 Å². The summed E-state index contributed by atoms with van der Waals surface area (Å²) in [6.45, 7) is 4.57. The fourth-order valence-corrected chi connectivity index (χ4v) is 3.22. The van der Waals surface area contributed by atoms with Gasteiger partial charge in [0, 0.05) is 23.1 Å². The molecular weight excluding hydrogens is 384 g/mol. The van der Waals surface area contributed by atoms with Crippen molar-refractivity contribution in [1.82, 2.24) is 0 Å². The quantitative estimate of drug-likeness (QED) is 0.378. The van der Waals surface area contributed by atoms with E-state index in [0.29, 0.717) is 18.1 Å². The highest BCUT2D eigenvalue weighted by molar-refractivity contribution is 6.31. The van der Waals surface area contributed by atoms with Gasteiger partial charge in [-0.2, -0.15) is 0 Å². The summed E-state index contributed by atoms with van der Waals surface area (Å²) in [5, 5.41) is 0.684. The van der Waals surface area contributed by atoms with Crippen LogP contribution in [-0.2, 0) is 6.42 Å². The van der Waals surface area contributed by atoms with E-state index in [4.69, 9.17) is 25.8 Å². The average molecular weight is 409 g/mol. The summed E-state index contributed by atoms with van der Waals surface area (Å²) >= 11 is 6.16. The van der Waals surface area contributed by atoms with E-state index in [0.717, 1.165) is 39.7 Å². The Morgan fingerprint density at radius 2 is 1.72 bits per heavy atom. The van der Waals surface area contributed by atoms with Crippen molar-refractivity contribution < 1.29 is 14.2 Å². The van der Waals surface area contributed by atoms with Crippen molar-refractivity contribution >= 4 is 11.6 Å². The maximum atomic E-state index is 6.16. The molecule has 4 heteroatoms. The number of benzene rings is 3. The van der Waals surface area contributed by atoms with Crippen LogP contribution in [0.1, 0.15) is 19.4 Å². The minimum atomic E-state index is 0.629. The topological polar surface area (TPSA) is 27.7 Å². The molecule has 29 heavy (non-hydrogen) atoms. The first-order valence-electron chi connectivity index (χ1n) is 9.61. The molecule has 0 aliphatic rings. The predicted molar refractivity (Wildman–Crippen MR) is 119 cm³/mol. The van der Waals surface area contributed by atoms with Gasteiger partial charge in [0.05, 0.1) is 13.7 Å². The first-order chi connectivity index (χ1) is 14.1. The van der Waals surface area contributed by atoms with Crippen LogP contribution in [0.5, 0.6) is 17.2 Å². The minimum Gasteiger partial charge on any atom is -0.496 e. The zero-order valence-electron chi connectivity index (χ0n) is 16.9. The number of hydrogen-bond donors (Lipinski definition) is 0. The molecule has 0 fully saturated rings. The molecule has 0 heterocycles. The lowest BCUT2D eigenvalue weighted by Gasteiger charge is -2.13. The Balaban J connectivity index is 1.73. The molecule has 0 N–H and O–H groups in total. The number of methoxy groups -OCH3 is 1. The summed E-state index contributed by atoms with van der Waals surface area (Å²) in [5.74, 6) is 3.25. The molecule has 150 valence electrons. The second-order valence-corrected chi connectivity index (χ2v) is 6.92. The van der Waals surface area contributed by atoms with E-state index in [-0.39, 0.29) is 0 Å². The third kappa shape index (κ3) is 5.55. The Labute approximate surface area is 177 Å². The number of hydrogen-bond acceptors (Lipinski definition) is 3. The Kier molecular flexibility index (Phi) is 7.20.